The Hall–Kier alpha value is -1.72. The molecule has 0 bridgehead atoms. The van der Waals surface area contributed by atoms with Crippen molar-refractivity contribution in [3.63, 3.8) is 0 Å². The molecule has 0 saturated heterocycles. The lowest BCUT2D eigenvalue weighted by molar-refractivity contribution is -0.120. The minimum absolute atomic E-state index is 0.0269. The first-order chi connectivity index (χ1) is 10.5. The van der Waals surface area contributed by atoms with E-state index >= 15 is 0 Å². The van der Waals surface area contributed by atoms with Crippen LogP contribution in [0.1, 0.15) is 23.1 Å². The summed E-state index contributed by atoms with van der Waals surface area (Å²) in [5.41, 5.74) is 3.10. The molecule has 0 unspecified atom stereocenters. The fraction of sp³-hybridized carbons (Fsp3) is 0.412. The van der Waals surface area contributed by atoms with Crippen LogP contribution in [0, 0.1) is 13.8 Å². The molecule has 0 aliphatic heterocycles. The largest absolute Gasteiger partial charge is 0.324 e. The van der Waals surface area contributed by atoms with Gasteiger partial charge >= 0.3 is 0 Å². The second kappa shape index (κ2) is 7.51. The van der Waals surface area contributed by atoms with Crippen LogP contribution >= 0.6 is 11.3 Å². The van der Waals surface area contributed by atoms with Crippen LogP contribution in [-0.4, -0.2) is 35.4 Å². The number of amides is 1. The van der Waals surface area contributed by atoms with E-state index in [9.17, 15) is 4.79 Å². The minimum Gasteiger partial charge on any atom is -0.324 e. The predicted octanol–water partition coefficient (Wildman–Crippen LogP) is 3.26. The molecule has 0 radical (unpaired) electrons. The summed E-state index contributed by atoms with van der Waals surface area (Å²) in [6.07, 6.45) is 2.69. The molecule has 1 aromatic carbocycles. The molecule has 1 N–H and O–H groups in total. The summed E-state index contributed by atoms with van der Waals surface area (Å²) in [4.78, 5) is 18.8. The van der Waals surface area contributed by atoms with E-state index < -0.39 is 0 Å². The molecule has 0 fully saturated rings. The van der Waals surface area contributed by atoms with Crippen molar-refractivity contribution in [1.82, 2.24) is 9.88 Å². The van der Waals surface area contributed by atoms with Crippen molar-refractivity contribution in [1.29, 1.82) is 0 Å². The highest BCUT2D eigenvalue weighted by atomic mass is 32.1. The maximum Gasteiger partial charge on any atom is 0.241 e. The van der Waals surface area contributed by atoms with Crippen molar-refractivity contribution < 1.29 is 4.79 Å². The molecule has 1 amide bonds. The summed E-state index contributed by atoms with van der Waals surface area (Å²) in [5, 5.41) is 6.14. The maximum absolute atomic E-state index is 12.5. The number of aromatic nitrogens is 1. The SMILES string of the molecule is Cc1cccc(C)c1NC(=O)[C@H](C)N(C)CCc1nccs1. The third-order valence-electron chi connectivity index (χ3n) is 3.93. The fourth-order valence-electron chi connectivity index (χ4n) is 2.28. The Kier molecular flexibility index (Phi) is 5.69. The van der Waals surface area contributed by atoms with E-state index in [-0.39, 0.29) is 11.9 Å². The average Bonchev–Trinajstić information content (AvgIpc) is 3.01. The van der Waals surface area contributed by atoms with Crippen LogP contribution in [0.2, 0.25) is 0 Å². The number of anilines is 1. The molecule has 1 atom stereocenters. The molecule has 4 nitrogen and oxygen atoms in total. The van der Waals surface area contributed by atoms with Gasteiger partial charge in [0.2, 0.25) is 5.91 Å². The summed E-state index contributed by atoms with van der Waals surface area (Å²) in [6, 6.07) is 5.85. The first kappa shape index (κ1) is 16.6. The number of carbonyl (C=O) groups excluding carboxylic acids is 1. The lowest BCUT2D eigenvalue weighted by atomic mass is 10.1. The number of thiazole rings is 1. The zero-order valence-corrected chi connectivity index (χ0v) is 14.4. The number of rotatable bonds is 6. The molecule has 22 heavy (non-hydrogen) atoms. The summed E-state index contributed by atoms with van der Waals surface area (Å²) in [7, 11) is 1.97. The lowest BCUT2D eigenvalue weighted by Gasteiger charge is -2.24. The van der Waals surface area contributed by atoms with E-state index in [0.717, 1.165) is 34.8 Å². The molecule has 118 valence electrons. The number of benzene rings is 1. The van der Waals surface area contributed by atoms with Gasteiger partial charge in [0, 0.05) is 30.2 Å². The van der Waals surface area contributed by atoms with Crippen LogP contribution < -0.4 is 5.32 Å². The van der Waals surface area contributed by atoms with E-state index in [1.54, 1.807) is 11.3 Å². The maximum atomic E-state index is 12.5. The second-order valence-corrected chi connectivity index (χ2v) is 6.57. The highest BCUT2D eigenvalue weighted by Crippen LogP contribution is 2.20. The number of hydrogen-bond acceptors (Lipinski definition) is 4. The molecule has 0 spiro atoms. The van der Waals surface area contributed by atoms with Crippen LogP contribution in [0.25, 0.3) is 0 Å². The predicted molar refractivity (Wildman–Crippen MR) is 92.5 cm³/mol. The molecule has 0 aliphatic carbocycles. The van der Waals surface area contributed by atoms with Gasteiger partial charge < -0.3 is 5.32 Å². The van der Waals surface area contributed by atoms with Crippen molar-refractivity contribution in [3.05, 3.63) is 45.9 Å². The van der Waals surface area contributed by atoms with Crippen LogP contribution in [0.15, 0.2) is 29.8 Å². The number of likely N-dealkylation sites (N-methyl/N-ethyl adjacent to an activating group) is 1. The molecule has 0 aliphatic rings. The fourth-order valence-corrected chi connectivity index (χ4v) is 2.89. The van der Waals surface area contributed by atoms with Gasteiger partial charge in [0.1, 0.15) is 0 Å². The molecular formula is C17H23N3OS. The van der Waals surface area contributed by atoms with Crippen LogP contribution in [0.5, 0.6) is 0 Å². The standard InChI is InChI=1S/C17H23N3OS/c1-12-6-5-7-13(2)16(12)19-17(21)14(3)20(4)10-8-15-18-9-11-22-15/h5-7,9,11,14H,8,10H2,1-4H3,(H,19,21)/t14-/m0/s1. The normalized spacial score (nSPS) is 12.4. The van der Waals surface area contributed by atoms with Gasteiger partial charge in [-0.05, 0) is 38.9 Å². The average molecular weight is 317 g/mol. The summed E-state index contributed by atoms with van der Waals surface area (Å²) in [6.45, 7) is 6.78. The van der Waals surface area contributed by atoms with Crippen LogP contribution in [-0.2, 0) is 11.2 Å². The van der Waals surface area contributed by atoms with Crippen molar-refractivity contribution in [2.75, 3.05) is 18.9 Å². The Morgan fingerprint density at radius 2 is 2.05 bits per heavy atom. The van der Waals surface area contributed by atoms with Crippen molar-refractivity contribution in [3.8, 4) is 0 Å². The molecule has 2 aromatic rings. The van der Waals surface area contributed by atoms with E-state index in [2.05, 4.69) is 15.2 Å². The minimum atomic E-state index is -0.182. The number of nitrogens with one attached hydrogen (secondary N) is 1. The summed E-state index contributed by atoms with van der Waals surface area (Å²) in [5.74, 6) is 0.0269. The van der Waals surface area contributed by atoms with E-state index in [0.29, 0.717) is 0 Å². The zero-order chi connectivity index (χ0) is 16.1. The molecule has 1 heterocycles. The number of nitrogens with zero attached hydrogens (tertiary/aromatic N) is 2. The molecule has 5 heteroatoms. The Morgan fingerprint density at radius 3 is 2.64 bits per heavy atom. The second-order valence-electron chi connectivity index (χ2n) is 5.59. The topological polar surface area (TPSA) is 45.2 Å². The number of carbonyl (C=O) groups is 1. The van der Waals surface area contributed by atoms with Gasteiger partial charge in [-0.3, -0.25) is 9.69 Å². The molecule has 2 rings (SSSR count). The van der Waals surface area contributed by atoms with Crippen LogP contribution in [0.4, 0.5) is 5.69 Å². The third kappa shape index (κ3) is 4.15. The Morgan fingerprint density at radius 1 is 1.36 bits per heavy atom. The zero-order valence-electron chi connectivity index (χ0n) is 13.6. The first-order valence-corrected chi connectivity index (χ1v) is 8.32. The van der Waals surface area contributed by atoms with E-state index in [4.69, 9.17) is 0 Å². The summed E-state index contributed by atoms with van der Waals surface area (Å²) < 4.78 is 0. The van der Waals surface area contributed by atoms with Crippen molar-refractivity contribution in [2.45, 2.75) is 33.2 Å². The molecule has 1 aromatic heterocycles. The number of para-hydroxylation sites is 1. The highest BCUT2D eigenvalue weighted by Gasteiger charge is 2.19. The lowest BCUT2D eigenvalue weighted by Crippen LogP contribution is -2.40. The number of hydrogen-bond donors (Lipinski definition) is 1. The van der Waals surface area contributed by atoms with Gasteiger partial charge in [0.05, 0.1) is 11.0 Å². The van der Waals surface area contributed by atoms with Gasteiger partial charge in [0.25, 0.3) is 0 Å². The van der Waals surface area contributed by atoms with Gasteiger partial charge in [-0.2, -0.15) is 0 Å². The van der Waals surface area contributed by atoms with Gasteiger partial charge in [-0.1, -0.05) is 18.2 Å². The van der Waals surface area contributed by atoms with Gasteiger partial charge in [0.15, 0.2) is 0 Å². The van der Waals surface area contributed by atoms with Gasteiger partial charge in [-0.15, -0.1) is 11.3 Å². The Bertz CT molecular complexity index is 605. The van der Waals surface area contributed by atoms with Gasteiger partial charge in [-0.25, -0.2) is 4.98 Å². The highest BCUT2D eigenvalue weighted by molar-refractivity contribution is 7.09. The van der Waals surface area contributed by atoms with Crippen molar-refractivity contribution >= 4 is 22.9 Å². The van der Waals surface area contributed by atoms with Crippen molar-refractivity contribution in [2.24, 2.45) is 0 Å². The van der Waals surface area contributed by atoms with E-state index in [1.165, 1.54) is 0 Å². The molecule has 0 saturated carbocycles. The van der Waals surface area contributed by atoms with Crippen LogP contribution in [0.3, 0.4) is 0 Å². The molecular weight excluding hydrogens is 294 g/mol. The summed E-state index contributed by atoms with van der Waals surface area (Å²) >= 11 is 1.65. The third-order valence-corrected chi connectivity index (χ3v) is 4.77. The quantitative estimate of drug-likeness (QED) is 0.889. The van der Waals surface area contributed by atoms with E-state index in [1.807, 2.05) is 57.6 Å². The Balaban J connectivity index is 1.93. The number of aryl methyl sites for hydroxylation is 2. The first-order valence-electron chi connectivity index (χ1n) is 7.44. The monoisotopic (exact) mass is 317 g/mol. The smallest absolute Gasteiger partial charge is 0.241 e. The Labute approximate surface area is 136 Å².